The summed E-state index contributed by atoms with van der Waals surface area (Å²) >= 11 is 5.80. The molecule has 2 rings (SSSR count). The van der Waals surface area contributed by atoms with Crippen molar-refractivity contribution in [2.24, 2.45) is 0 Å². The molecule has 0 aliphatic rings. The Hall–Kier alpha value is -1.80. The summed E-state index contributed by atoms with van der Waals surface area (Å²) in [7, 11) is 0. The first-order valence-corrected chi connectivity index (χ1v) is 5.55. The molecule has 1 N–H and O–H groups in total. The van der Waals surface area contributed by atoms with Gasteiger partial charge >= 0.3 is 0 Å². The van der Waals surface area contributed by atoms with Crippen molar-refractivity contribution < 1.29 is 9.90 Å². The van der Waals surface area contributed by atoms with Crippen LogP contribution in [0.15, 0.2) is 42.5 Å². The average molecular weight is 247 g/mol. The van der Waals surface area contributed by atoms with Crippen molar-refractivity contribution in [2.75, 3.05) is 0 Å². The molecule has 86 valence electrons. The number of carbonyl (C=O) groups excluding carboxylic acids is 1. The fraction of sp³-hybridized carbons (Fsp3) is 0.0714. The van der Waals surface area contributed by atoms with Crippen LogP contribution in [-0.4, -0.2) is 10.9 Å². The summed E-state index contributed by atoms with van der Waals surface area (Å²) in [5, 5.41) is 10.5. The molecule has 0 aliphatic heterocycles. The van der Waals surface area contributed by atoms with E-state index in [1.54, 1.807) is 24.3 Å². The van der Waals surface area contributed by atoms with Crippen molar-refractivity contribution in [1.82, 2.24) is 0 Å². The Labute approximate surface area is 104 Å². The lowest BCUT2D eigenvalue weighted by Gasteiger charge is -2.06. The van der Waals surface area contributed by atoms with E-state index in [9.17, 15) is 9.90 Å². The fourth-order valence-corrected chi connectivity index (χ4v) is 1.75. The largest absolute Gasteiger partial charge is 0.507 e. The molecular weight excluding hydrogens is 236 g/mol. The van der Waals surface area contributed by atoms with Crippen LogP contribution in [0.2, 0.25) is 5.02 Å². The minimum absolute atomic E-state index is 0.0667. The molecular formula is C14H11ClO2. The number of Topliss-reactive ketones (excluding diaryl/α,β-unsaturated/α-hetero) is 1. The zero-order valence-corrected chi connectivity index (χ0v) is 10.0. The Balaban J connectivity index is 2.46. The quantitative estimate of drug-likeness (QED) is 0.816. The van der Waals surface area contributed by atoms with Crippen molar-refractivity contribution >= 4 is 17.4 Å². The van der Waals surface area contributed by atoms with Crippen LogP contribution < -0.4 is 0 Å². The second-order valence-corrected chi connectivity index (χ2v) is 4.23. The van der Waals surface area contributed by atoms with Crippen molar-refractivity contribution in [2.45, 2.75) is 6.92 Å². The van der Waals surface area contributed by atoms with Crippen LogP contribution in [-0.2, 0) is 0 Å². The van der Waals surface area contributed by atoms with Gasteiger partial charge in [-0.15, -0.1) is 0 Å². The van der Waals surface area contributed by atoms with Gasteiger partial charge in [0, 0.05) is 16.1 Å². The number of hydrogen-bond donors (Lipinski definition) is 1. The molecule has 17 heavy (non-hydrogen) atoms. The van der Waals surface area contributed by atoms with Crippen molar-refractivity contribution in [3.05, 3.63) is 53.1 Å². The van der Waals surface area contributed by atoms with Gasteiger partial charge in [0.05, 0.1) is 0 Å². The molecule has 0 heterocycles. The zero-order chi connectivity index (χ0) is 12.4. The van der Waals surface area contributed by atoms with Gasteiger partial charge in [-0.3, -0.25) is 4.79 Å². The summed E-state index contributed by atoms with van der Waals surface area (Å²) in [4.78, 5) is 11.2. The van der Waals surface area contributed by atoms with E-state index < -0.39 is 0 Å². The first-order chi connectivity index (χ1) is 8.08. The third-order valence-corrected chi connectivity index (χ3v) is 2.81. The second-order valence-electron chi connectivity index (χ2n) is 3.80. The van der Waals surface area contributed by atoms with E-state index in [1.807, 2.05) is 12.1 Å². The number of ketones is 1. The lowest BCUT2D eigenvalue weighted by atomic mass is 10.0. The Morgan fingerprint density at radius 2 is 1.76 bits per heavy atom. The molecule has 0 saturated heterocycles. The molecule has 2 aromatic carbocycles. The highest BCUT2D eigenvalue weighted by Gasteiger charge is 2.07. The highest BCUT2D eigenvalue weighted by Crippen LogP contribution is 2.30. The summed E-state index contributed by atoms with van der Waals surface area (Å²) in [5.74, 6) is 0.0305. The first-order valence-electron chi connectivity index (χ1n) is 5.18. The molecule has 0 atom stereocenters. The van der Waals surface area contributed by atoms with E-state index in [-0.39, 0.29) is 11.5 Å². The lowest BCUT2D eigenvalue weighted by Crippen LogP contribution is -1.91. The van der Waals surface area contributed by atoms with Gasteiger partial charge in [0.1, 0.15) is 5.75 Å². The summed E-state index contributed by atoms with van der Waals surface area (Å²) < 4.78 is 0. The van der Waals surface area contributed by atoms with Crippen LogP contribution >= 0.6 is 11.6 Å². The first kappa shape index (κ1) is 11.7. The number of phenols is 1. The Kier molecular flexibility index (Phi) is 3.16. The molecule has 0 bridgehead atoms. The lowest BCUT2D eigenvalue weighted by molar-refractivity contribution is 0.101. The van der Waals surface area contributed by atoms with Gasteiger partial charge in [0.15, 0.2) is 5.78 Å². The predicted octanol–water partition coefficient (Wildman–Crippen LogP) is 3.92. The Bertz CT molecular complexity index is 559. The number of benzene rings is 2. The molecule has 3 heteroatoms. The van der Waals surface area contributed by atoms with Gasteiger partial charge in [0.2, 0.25) is 0 Å². The van der Waals surface area contributed by atoms with E-state index in [4.69, 9.17) is 11.6 Å². The van der Waals surface area contributed by atoms with Gasteiger partial charge in [-0.1, -0.05) is 29.8 Å². The summed E-state index contributed by atoms with van der Waals surface area (Å²) in [5.41, 5.74) is 2.05. The number of carbonyl (C=O) groups is 1. The molecule has 0 aliphatic carbocycles. The predicted molar refractivity (Wildman–Crippen MR) is 68.6 cm³/mol. The van der Waals surface area contributed by atoms with E-state index in [2.05, 4.69) is 0 Å². The zero-order valence-electron chi connectivity index (χ0n) is 9.27. The van der Waals surface area contributed by atoms with Crippen LogP contribution in [0.1, 0.15) is 17.3 Å². The number of hydrogen-bond acceptors (Lipinski definition) is 2. The van der Waals surface area contributed by atoms with Crippen molar-refractivity contribution in [3.63, 3.8) is 0 Å². The maximum atomic E-state index is 11.2. The SMILES string of the molecule is CC(=O)c1ccc(-c2ccc(Cl)cc2)c(O)c1. The fourth-order valence-electron chi connectivity index (χ4n) is 1.62. The van der Waals surface area contributed by atoms with Gasteiger partial charge < -0.3 is 5.11 Å². The molecule has 0 fully saturated rings. The number of halogens is 1. The maximum absolute atomic E-state index is 11.2. The molecule has 0 spiro atoms. The van der Waals surface area contributed by atoms with E-state index in [0.717, 1.165) is 5.56 Å². The standard InChI is InChI=1S/C14H11ClO2/c1-9(16)11-4-7-13(14(17)8-11)10-2-5-12(15)6-3-10/h2-8,17H,1H3. The Morgan fingerprint density at radius 1 is 1.12 bits per heavy atom. The van der Waals surface area contributed by atoms with E-state index in [0.29, 0.717) is 16.1 Å². The topological polar surface area (TPSA) is 37.3 Å². The number of rotatable bonds is 2. The molecule has 0 aromatic heterocycles. The van der Waals surface area contributed by atoms with Gasteiger partial charge in [0.25, 0.3) is 0 Å². The molecule has 2 nitrogen and oxygen atoms in total. The van der Waals surface area contributed by atoms with Crippen LogP contribution in [0.4, 0.5) is 0 Å². The van der Waals surface area contributed by atoms with Crippen LogP contribution in [0.25, 0.3) is 11.1 Å². The molecule has 0 radical (unpaired) electrons. The van der Waals surface area contributed by atoms with Crippen LogP contribution in [0, 0.1) is 0 Å². The van der Waals surface area contributed by atoms with E-state index >= 15 is 0 Å². The average Bonchev–Trinajstić information content (AvgIpc) is 2.30. The van der Waals surface area contributed by atoms with Gasteiger partial charge in [-0.2, -0.15) is 0 Å². The summed E-state index contributed by atoms with van der Waals surface area (Å²) in [6, 6.07) is 12.1. The third kappa shape index (κ3) is 2.48. The number of phenolic OH excluding ortho intramolecular Hbond substituents is 1. The molecule has 0 amide bonds. The minimum atomic E-state index is -0.0667. The monoisotopic (exact) mass is 246 g/mol. The highest BCUT2D eigenvalue weighted by molar-refractivity contribution is 6.30. The van der Waals surface area contributed by atoms with Crippen molar-refractivity contribution in [3.8, 4) is 16.9 Å². The van der Waals surface area contributed by atoms with Gasteiger partial charge in [-0.25, -0.2) is 0 Å². The second kappa shape index (κ2) is 4.60. The van der Waals surface area contributed by atoms with Crippen molar-refractivity contribution in [1.29, 1.82) is 0 Å². The normalized spacial score (nSPS) is 10.2. The summed E-state index contributed by atoms with van der Waals surface area (Å²) in [6.45, 7) is 1.47. The van der Waals surface area contributed by atoms with Gasteiger partial charge in [-0.05, 0) is 36.8 Å². The third-order valence-electron chi connectivity index (χ3n) is 2.56. The van der Waals surface area contributed by atoms with E-state index in [1.165, 1.54) is 13.0 Å². The number of aromatic hydroxyl groups is 1. The smallest absolute Gasteiger partial charge is 0.159 e. The van der Waals surface area contributed by atoms with Crippen LogP contribution in [0.5, 0.6) is 5.75 Å². The summed E-state index contributed by atoms with van der Waals surface area (Å²) in [6.07, 6.45) is 0. The Morgan fingerprint density at radius 3 is 2.29 bits per heavy atom. The molecule has 0 saturated carbocycles. The highest BCUT2D eigenvalue weighted by atomic mass is 35.5. The maximum Gasteiger partial charge on any atom is 0.159 e. The molecule has 2 aromatic rings. The minimum Gasteiger partial charge on any atom is -0.507 e. The van der Waals surface area contributed by atoms with Crippen LogP contribution in [0.3, 0.4) is 0 Å². The molecule has 0 unspecified atom stereocenters.